The van der Waals surface area contributed by atoms with Gasteiger partial charge in [0, 0.05) is 30.0 Å². The number of imidazole rings is 1. The van der Waals surface area contributed by atoms with E-state index >= 15 is 0 Å². The Kier molecular flexibility index (Phi) is 5.01. The zero-order valence-electron chi connectivity index (χ0n) is 13.8. The molecule has 1 N–H and O–H groups in total. The highest BCUT2D eigenvalue weighted by Crippen LogP contribution is 2.23. The molecule has 1 amide bonds. The quantitative estimate of drug-likeness (QED) is 0.764. The lowest BCUT2D eigenvalue weighted by Gasteiger charge is -2.19. The summed E-state index contributed by atoms with van der Waals surface area (Å²) in [6.45, 7) is 0. The normalized spacial score (nSPS) is 11.6. The Hall–Kier alpha value is -3.17. The highest BCUT2D eigenvalue weighted by molar-refractivity contribution is 6.30. The van der Waals surface area contributed by atoms with E-state index in [4.69, 9.17) is 16.9 Å². The first-order chi connectivity index (χ1) is 12.5. The molecule has 0 saturated heterocycles. The molecule has 5 nitrogen and oxygen atoms in total. The van der Waals surface area contributed by atoms with Gasteiger partial charge in [-0.25, -0.2) is 9.37 Å². The Balaban J connectivity index is 1.94. The number of halogens is 2. The third-order valence-corrected chi connectivity index (χ3v) is 4.20. The van der Waals surface area contributed by atoms with Gasteiger partial charge in [0.2, 0.25) is 0 Å². The molecule has 3 rings (SSSR count). The number of nitrogens with one attached hydrogen (secondary N) is 1. The van der Waals surface area contributed by atoms with Crippen molar-refractivity contribution in [3.8, 4) is 6.07 Å². The number of nitriles is 1. The summed E-state index contributed by atoms with van der Waals surface area (Å²) in [4.78, 5) is 16.9. The van der Waals surface area contributed by atoms with Gasteiger partial charge in [0.05, 0.1) is 5.56 Å². The summed E-state index contributed by atoms with van der Waals surface area (Å²) in [5, 5.41) is 12.2. The topological polar surface area (TPSA) is 70.7 Å². The maximum absolute atomic E-state index is 13.8. The van der Waals surface area contributed by atoms with Crippen molar-refractivity contribution in [3.05, 3.63) is 88.2 Å². The molecular formula is C19H14ClFN4O. The highest BCUT2D eigenvalue weighted by Gasteiger charge is 2.22. The Bertz CT molecular complexity index is 992. The van der Waals surface area contributed by atoms with Crippen LogP contribution in [0.4, 0.5) is 4.39 Å². The van der Waals surface area contributed by atoms with E-state index in [2.05, 4.69) is 10.3 Å². The van der Waals surface area contributed by atoms with E-state index in [9.17, 15) is 9.18 Å². The third kappa shape index (κ3) is 3.58. The van der Waals surface area contributed by atoms with Crippen LogP contribution in [-0.2, 0) is 7.05 Å². The van der Waals surface area contributed by atoms with Crippen LogP contribution in [0, 0.1) is 17.1 Å². The molecule has 1 unspecified atom stereocenters. The van der Waals surface area contributed by atoms with E-state index in [0.29, 0.717) is 10.8 Å². The van der Waals surface area contributed by atoms with E-state index < -0.39 is 17.8 Å². The summed E-state index contributed by atoms with van der Waals surface area (Å²) in [7, 11) is 1.82. The molecule has 0 spiro atoms. The van der Waals surface area contributed by atoms with Crippen LogP contribution in [0.5, 0.6) is 0 Å². The molecule has 2 aromatic carbocycles. The number of hydrogen-bond donors (Lipinski definition) is 1. The van der Waals surface area contributed by atoms with Crippen LogP contribution >= 0.6 is 11.6 Å². The molecule has 1 aromatic heterocycles. The lowest BCUT2D eigenvalue weighted by atomic mass is 10.0. The summed E-state index contributed by atoms with van der Waals surface area (Å²) in [6.07, 6.45) is 3.40. The number of nitrogens with zero attached hydrogens (tertiary/aromatic N) is 3. The zero-order chi connectivity index (χ0) is 18.7. The molecule has 0 saturated carbocycles. The molecule has 1 atom stereocenters. The average molecular weight is 369 g/mol. The SMILES string of the molecule is Cn1ccnc1C(NC(=O)c1ccc(C#N)c(F)c1)c1ccc(Cl)cc1. The minimum atomic E-state index is -0.736. The van der Waals surface area contributed by atoms with Gasteiger partial charge < -0.3 is 9.88 Å². The van der Waals surface area contributed by atoms with Crippen LogP contribution in [0.3, 0.4) is 0 Å². The van der Waals surface area contributed by atoms with Gasteiger partial charge in [-0.05, 0) is 35.9 Å². The molecule has 0 radical (unpaired) electrons. The van der Waals surface area contributed by atoms with Crippen molar-refractivity contribution in [2.75, 3.05) is 0 Å². The van der Waals surface area contributed by atoms with Gasteiger partial charge in [0.1, 0.15) is 23.8 Å². The van der Waals surface area contributed by atoms with E-state index in [1.807, 2.05) is 7.05 Å². The number of benzene rings is 2. The van der Waals surface area contributed by atoms with Crippen molar-refractivity contribution >= 4 is 17.5 Å². The van der Waals surface area contributed by atoms with Crippen LogP contribution in [0.2, 0.25) is 5.02 Å². The number of amides is 1. The van der Waals surface area contributed by atoms with Crippen LogP contribution in [0.15, 0.2) is 54.9 Å². The molecule has 0 aliphatic rings. The number of carbonyl (C=O) groups is 1. The predicted octanol–water partition coefficient (Wildman–Crippen LogP) is 3.60. The fraction of sp³-hybridized carbons (Fsp3) is 0.105. The van der Waals surface area contributed by atoms with E-state index in [1.54, 1.807) is 47.3 Å². The Morgan fingerprint density at radius 3 is 2.62 bits per heavy atom. The van der Waals surface area contributed by atoms with Crippen LogP contribution in [0.25, 0.3) is 0 Å². The van der Waals surface area contributed by atoms with Crippen molar-refractivity contribution in [1.82, 2.24) is 14.9 Å². The van der Waals surface area contributed by atoms with Crippen molar-refractivity contribution in [2.24, 2.45) is 7.05 Å². The molecular weight excluding hydrogens is 355 g/mol. The first kappa shape index (κ1) is 17.6. The fourth-order valence-electron chi connectivity index (χ4n) is 2.57. The number of aromatic nitrogens is 2. The number of carbonyl (C=O) groups excluding carboxylic acids is 1. The van der Waals surface area contributed by atoms with Gasteiger partial charge >= 0.3 is 0 Å². The van der Waals surface area contributed by atoms with Gasteiger partial charge in [-0.15, -0.1) is 0 Å². The molecule has 130 valence electrons. The molecule has 0 fully saturated rings. The molecule has 0 aliphatic carbocycles. The largest absolute Gasteiger partial charge is 0.338 e. The summed E-state index contributed by atoms with van der Waals surface area (Å²) in [5.41, 5.74) is 0.792. The summed E-state index contributed by atoms with van der Waals surface area (Å²) in [5.74, 6) is -0.591. The molecule has 7 heteroatoms. The Labute approximate surface area is 154 Å². The van der Waals surface area contributed by atoms with Crippen LogP contribution < -0.4 is 5.32 Å². The summed E-state index contributed by atoms with van der Waals surface area (Å²) in [6, 6.07) is 12.0. The average Bonchev–Trinajstić information content (AvgIpc) is 3.06. The van der Waals surface area contributed by atoms with Gasteiger partial charge in [-0.2, -0.15) is 5.26 Å². The van der Waals surface area contributed by atoms with E-state index in [1.165, 1.54) is 12.1 Å². The smallest absolute Gasteiger partial charge is 0.252 e. The van der Waals surface area contributed by atoms with Crippen LogP contribution in [-0.4, -0.2) is 15.5 Å². The minimum absolute atomic E-state index is 0.111. The van der Waals surface area contributed by atoms with E-state index in [0.717, 1.165) is 11.6 Å². The van der Waals surface area contributed by atoms with E-state index in [-0.39, 0.29) is 11.1 Å². The molecule has 26 heavy (non-hydrogen) atoms. The van der Waals surface area contributed by atoms with Gasteiger partial charge in [0.25, 0.3) is 5.91 Å². The second-order valence-corrected chi connectivity index (χ2v) is 6.10. The fourth-order valence-corrected chi connectivity index (χ4v) is 2.69. The first-order valence-corrected chi connectivity index (χ1v) is 8.10. The number of aryl methyl sites for hydroxylation is 1. The standard InChI is InChI=1S/C19H14ClFN4O/c1-25-9-8-23-18(25)17(12-4-6-15(20)7-5-12)24-19(26)13-2-3-14(11-22)16(21)10-13/h2-10,17H,1H3,(H,24,26). The van der Waals surface area contributed by atoms with Crippen molar-refractivity contribution < 1.29 is 9.18 Å². The Morgan fingerprint density at radius 2 is 2.04 bits per heavy atom. The lowest BCUT2D eigenvalue weighted by molar-refractivity contribution is 0.0940. The lowest BCUT2D eigenvalue weighted by Crippen LogP contribution is -2.31. The highest BCUT2D eigenvalue weighted by atomic mass is 35.5. The van der Waals surface area contributed by atoms with Crippen molar-refractivity contribution in [3.63, 3.8) is 0 Å². The Morgan fingerprint density at radius 1 is 1.31 bits per heavy atom. The third-order valence-electron chi connectivity index (χ3n) is 3.95. The second-order valence-electron chi connectivity index (χ2n) is 5.66. The number of rotatable bonds is 4. The van der Waals surface area contributed by atoms with Crippen LogP contribution in [0.1, 0.15) is 33.4 Å². The summed E-state index contributed by atoms with van der Waals surface area (Å²) >= 11 is 5.94. The minimum Gasteiger partial charge on any atom is -0.338 e. The monoisotopic (exact) mass is 368 g/mol. The maximum atomic E-state index is 13.8. The molecule has 0 bridgehead atoms. The van der Waals surface area contributed by atoms with Gasteiger partial charge in [-0.3, -0.25) is 4.79 Å². The predicted molar refractivity (Wildman–Crippen MR) is 95.1 cm³/mol. The second kappa shape index (κ2) is 7.38. The molecule has 1 heterocycles. The molecule has 0 aliphatic heterocycles. The van der Waals surface area contributed by atoms with Crippen molar-refractivity contribution in [1.29, 1.82) is 5.26 Å². The molecule has 3 aromatic rings. The first-order valence-electron chi connectivity index (χ1n) is 7.73. The van der Waals surface area contributed by atoms with Gasteiger partial charge in [0.15, 0.2) is 0 Å². The maximum Gasteiger partial charge on any atom is 0.252 e. The number of hydrogen-bond acceptors (Lipinski definition) is 3. The zero-order valence-corrected chi connectivity index (χ0v) is 14.5. The van der Waals surface area contributed by atoms with Gasteiger partial charge in [-0.1, -0.05) is 23.7 Å². The van der Waals surface area contributed by atoms with Crippen molar-refractivity contribution in [2.45, 2.75) is 6.04 Å². The summed E-state index contributed by atoms with van der Waals surface area (Å²) < 4.78 is 15.6.